The second-order valence-electron chi connectivity index (χ2n) is 8.82. The van der Waals surface area contributed by atoms with Gasteiger partial charge in [0.15, 0.2) is 0 Å². The number of carbonyl (C=O) groups is 2. The molecule has 0 atom stereocenters. The van der Waals surface area contributed by atoms with Gasteiger partial charge in [0.1, 0.15) is 5.75 Å². The second-order valence-corrected chi connectivity index (χ2v) is 8.82. The first kappa shape index (κ1) is 28.4. The maximum atomic E-state index is 12.4. The Bertz CT molecular complexity index is 638. The fraction of sp³-hybridized carbons (Fsp3) is 0.667. The summed E-state index contributed by atoms with van der Waals surface area (Å²) >= 11 is 0. The lowest BCUT2D eigenvalue weighted by Gasteiger charge is -2.30. The van der Waals surface area contributed by atoms with E-state index in [1.54, 1.807) is 0 Å². The summed E-state index contributed by atoms with van der Waals surface area (Å²) < 4.78 is 5.73. The van der Waals surface area contributed by atoms with Crippen LogP contribution in [0, 0.1) is 0 Å². The molecule has 0 fully saturated rings. The Morgan fingerprint density at radius 3 is 1.83 bits per heavy atom. The molecule has 0 unspecified atom stereocenters. The van der Waals surface area contributed by atoms with E-state index in [1.165, 1.54) is 0 Å². The molecule has 1 aromatic carbocycles. The predicted molar refractivity (Wildman–Crippen MR) is 127 cm³/mol. The smallest absolute Gasteiger partial charge is 0.311 e. The molecule has 0 spiro atoms. The molecule has 0 bridgehead atoms. The van der Waals surface area contributed by atoms with Crippen molar-refractivity contribution in [1.29, 1.82) is 0 Å². The Morgan fingerprint density at radius 2 is 1.40 bits per heavy atom. The van der Waals surface area contributed by atoms with E-state index in [-0.39, 0.29) is 49.0 Å². The summed E-state index contributed by atoms with van der Waals surface area (Å²) in [6.45, 7) is 18.3. The van der Waals surface area contributed by atoms with Gasteiger partial charge in [-0.1, -0.05) is 45.9 Å². The van der Waals surface area contributed by atoms with E-state index < -0.39 is 0 Å². The number of hydrogen-bond donors (Lipinski definition) is 1. The number of esters is 1. The SMILES string of the molecule is CC(C)c1cccc(C(C)C)c1OC(=O)CCC(=O)NCCN(C(C)C)C(C)C.Cl. The zero-order valence-corrected chi connectivity index (χ0v) is 20.8. The fourth-order valence-electron chi connectivity index (χ4n) is 3.51. The zero-order valence-electron chi connectivity index (χ0n) is 20.0. The number of carbonyl (C=O) groups excluding carboxylic acids is 2. The minimum atomic E-state index is -0.360. The van der Waals surface area contributed by atoms with Crippen molar-refractivity contribution in [1.82, 2.24) is 10.2 Å². The Hall–Kier alpha value is -1.59. The average molecular weight is 441 g/mol. The topological polar surface area (TPSA) is 58.6 Å². The van der Waals surface area contributed by atoms with Crippen LogP contribution in [-0.4, -0.2) is 41.9 Å². The van der Waals surface area contributed by atoms with E-state index in [0.29, 0.717) is 24.4 Å². The molecule has 1 aromatic rings. The molecule has 5 nitrogen and oxygen atoms in total. The first-order chi connectivity index (χ1) is 13.5. The number of ether oxygens (including phenoxy) is 1. The van der Waals surface area contributed by atoms with Crippen LogP contribution in [0.2, 0.25) is 0 Å². The number of nitrogens with one attached hydrogen (secondary N) is 1. The third-order valence-electron chi connectivity index (χ3n) is 5.11. The van der Waals surface area contributed by atoms with Gasteiger partial charge in [0.25, 0.3) is 0 Å². The Morgan fingerprint density at radius 1 is 0.900 bits per heavy atom. The minimum Gasteiger partial charge on any atom is -0.426 e. The van der Waals surface area contributed by atoms with Gasteiger partial charge in [0, 0.05) is 31.6 Å². The third-order valence-corrected chi connectivity index (χ3v) is 5.11. The highest BCUT2D eigenvalue weighted by atomic mass is 35.5. The molecule has 0 heterocycles. The lowest BCUT2D eigenvalue weighted by Crippen LogP contribution is -2.42. The molecule has 30 heavy (non-hydrogen) atoms. The van der Waals surface area contributed by atoms with Crippen molar-refractivity contribution in [3.8, 4) is 5.75 Å². The maximum absolute atomic E-state index is 12.4. The van der Waals surface area contributed by atoms with Crippen LogP contribution >= 0.6 is 12.4 Å². The van der Waals surface area contributed by atoms with E-state index >= 15 is 0 Å². The van der Waals surface area contributed by atoms with Crippen LogP contribution in [0.1, 0.15) is 91.2 Å². The first-order valence-electron chi connectivity index (χ1n) is 10.9. The average Bonchev–Trinajstić information content (AvgIpc) is 2.62. The van der Waals surface area contributed by atoms with Gasteiger partial charge in [-0.15, -0.1) is 12.4 Å². The van der Waals surface area contributed by atoms with Crippen LogP contribution in [0.5, 0.6) is 5.75 Å². The number of para-hydroxylation sites is 1. The third kappa shape index (κ3) is 9.05. The number of halogens is 1. The summed E-state index contributed by atoms with van der Waals surface area (Å²) in [5.74, 6) is 0.693. The first-order valence-corrected chi connectivity index (χ1v) is 10.9. The largest absolute Gasteiger partial charge is 0.426 e. The van der Waals surface area contributed by atoms with Crippen LogP contribution < -0.4 is 10.1 Å². The Labute approximate surface area is 189 Å². The van der Waals surface area contributed by atoms with Crippen LogP contribution in [0.3, 0.4) is 0 Å². The van der Waals surface area contributed by atoms with Crippen molar-refractivity contribution in [2.75, 3.05) is 13.1 Å². The molecule has 0 aromatic heterocycles. The summed E-state index contributed by atoms with van der Waals surface area (Å²) in [6.07, 6.45) is 0.219. The summed E-state index contributed by atoms with van der Waals surface area (Å²) in [6, 6.07) is 6.87. The number of benzene rings is 1. The van der Waals surface area contributed by atoms with Crippen molar-refractivity contribution in [2.45, 2.75) is 92.2 Å². The number of nitrogens with zero attached hydrogens (tertiary/aromatic N) is 1. The normalized spacial score (nSPS) is 11.4. The van der Waals surface area contributed by atoms with E-state index in [9.17, 15) is 9.59 Å². The highest BCUT2D eigenvalue weighted by molar-refractivity contribution is 5.85. The lowest BCUT2D eigenvalue weighted by molar-refractivity contribution is -0.136. The molecule has 1 amide bonds. The summed E-state index contributed by atoms with van der Waals surface area (Å²) in [4.78, 5) is 26.9. The van der Waals surface area contributed by atoms with Crippen molar-refractivity contribution < 1.29 is 14.3 Å². The van der Waals surface area contributed by atoms with Crippen LogP contribution in [-0.2, 0) is 9.59 Å². The molecule has 172 valence electrons. The summed E-state index contributed by atoms with van der Waals surface area (Å²) in [5.41, 5.74) is 2.05. The standard InChI is InChI=1S/C24H40N2O3.ClH/c1-16(2)20-10-9-11-21(17(3)4)24(20)29-23(28)13-12-22(27)25-14-15-26(18(5)6)19(7)8;/h9-11,16-19H,12-15H2,1-8H3,(H,25,27);1H. The molecular formula is C24H41ClN2O3. The minimum absolute atomic E-state index is 0. The molecular weight excluding hydrogens is 400 g/mol. The van der Waals surface area contributed by atoms with Crippen molar-refractivity contribution in [2.24, 2.45) is 0 Å². The Balaban J connectivity index is 0.00000841. The number of amides is 1. The van der Waals surface area contributed by atoms with Gasteiger partial charge in [0.05, 0.1) is 6.42 Å². The highest BCUT2D eigenvalue weighted by Crippen LogP contribution is 2.34. The zero-order chi connectivity index (χ0) is 22.1. The molecule has 6 heteroatoms. The maximum Gasteiger partial charge on any atom is 0.311 e. The Kier molecular flexibility index (Phi) is 12.9. The van der Waals surface area contributed by atoms with Crippen molar-refractivity contribution in [3.63, 3.8) is 0 Å². The lowest BCUT2D eigenvalue weighted by atomic mass is 9.94. The van der Waals surface area contributed by atoms with E-state index in [4.69, 9.17) is 4.74 Å². The molecule has 1 N–H and O–H groups in total. The fourth-order valence-corrected chi connectivity index (χ4v) is 3.51. The van der Waals surface area contributed by atoms with E-state index in [1.807, 2.05) is 18.2 Å². The predicted octanol–water partition coefficient (Wildman–Crippen LogP) is 5.28. The molecule has 0 aliphatic carbocycles. The molecule has 1 rings (SSSR count). The van der Waals surface area contributed by atoms with Crippen LogP contribution in [0.4, 0.5) is 0 Å². The summed E-state index contributed by atoms with van der Waals surface area (Å²) in [7, 11) is 0. The van der Waals surface area contributed by atoms with Crippen LogP contribution in [0.25, 0.3) is 0 Å². The summed E-state index contributed by atoms with van der Waals surface area (Å²) in [5, 5.41) is 2.91. The van der Waals surface area contributed by atoms with E-state index in [0.717, 1.165) is 17.7 Å². The molecule has 0 aliphatic heterocycles. The molecule has 0 saturated carbocycles. The van der Waals surface area contributed by atoms with Gasteiger partial charge in [-0.25, -0.2) is 0 Å². The quantitative estimate of drug-likeness (QED) is 0.376. The van der Waals surface area contributed by atoms with Gasteiger partial charge in [-0.05, 0) is 50.7 Å². The van der Waals surface area contributed by atoms with Crippen LogP contribution in [0.15, 0.2) is 18.2 Å². The second kappa shape index (κ2) is 13.7. The molecule has 0 saturated heterocycles. The van der Waals surface area contributed by atoms with E-state index in [2.05, 4.69) is 65.6 Å². The molecule has 0 aliphatic rings. The van der Waals surface area contributed by atoms with Crippen molar-refractivity contribution >= 4 is 24.3 Å². The van der Waals surface area contributed by atoms with Gasteiger partial charge in [0.2, 0.25) is 5.91 Å². The number of rotatable bonds is 11. The highest BCUT2D eigenvalue weighted by Gasteiger charge is 2.19. The molecule has 0 radical (unpaired) electrons. The monoisotopic (exact) mass is 440 g/mol. The number of hydrogen-bond acceptors (Lipinski definition) is 4. The van der Waals surface area contributed by atoms with Crippen molar-refractivity contribution in [3.05, 3.63) is 29.3 Å². The van der Waals surface area contributed by atoms with Gasteiger partial charge < -0.3 is 10.1 Å². The van der Waals surface area contributed by atoms with Gasteiger partial charge in [-0.3, -0.25) is 14.5 Å². The van der Waals surface area contributed by atoms with Gasteiger partial charge >= 0.3 is 5.97 Å². The van der Waals surface area contributed by atoms with Gasteiger partial charge in [-0.2, -0.15) is 0 Å².